The molecule has 3 aromatic rings. The molecule has 3 rings (SSSR count). The zero-order chi connectivity index (χ0) is 21.5. The van der Waals surface area contributed by atoms with E-state index in [0.717, 1.165) is 16.7 Å². The normalized spacial score (nSPS) is 10.9. The predicted molar refractivity (Wildman–Crippen MR) is 120 cm³/mol. The minimum atomic E-state index is -0.489. The molecule has 0 aliphatic carbocycles. The van der Waals surface area contributed by atoms with Gasteiger partial charge in [0.1, 0.15) is 24.0 Å². The van der Waals surface area contributed by atoms with Crippen LogP contribution in [0.4, 0.5) is 5.69 Å². The molecular weight excluding hydrogens is 396 g/mol. The molecule has 4 nitrogen and oxygen atoms in total. The molecule has 0 aromatic heterocycles. The number of hydrogen-bond donors (Lipinski definition) is 1. The number of anilines is 1. The maximum absolute atomic E-state index is 12.4. The highest BCUT2D eigenvalue weighted by molar-refractivity contribution is 6.31. The van der Waals surface area contributed by atoms with Gasteiger partial charge in [0.2, 0.25) is 0 Å². The third-order valence-electron chi connectivity index (χ3n) is 4.51. The molecule has 0 unspecified atom stereocenters. The highest BCUT2D eigenvalue weighted by atomic mass is 35.5. The second kappa shape index (κ2) is 9.78. The van der Waals surface area contributed by atoms with Crippen LogP contribution in [0, 0.1) is 25.2 Å². The van der Waals surface area contributed by atoms with Gasteiger partial charge >= 0.3 is 0 Å². The second-order valence-corrected chi connectivity index (χ2v) is 7.34. The molecule has 0 heterocycles. The maximum atomic E-state index is 12.4. The standard InChI is InChI=1S/C25H21ClN2O2/c1-17-3-6-20(7-4-17)16-30-23-11-8-19(9-12-23)13-21(15-27)25(29)28-22-10-5-18(2)24(26)14-22/h3-14H,16H2,1-2H3,(H,28,29)/b21-13-. The largest absolute Gasteiger partial charge is 0.489 e. The Labute approximate surface area is 181 Å². The molecular formula is C25H21ClN2O2. The topological polar surface area (TPSA) is 62.1 Å². The third-order valence-corrected chi connectivity index (χ3v) is 4.92. The number of aryl methyl sites for hydroxylation is 2. The Morgan fingerprint density at radius 3 is 2.40 bits per heavy atom. The Bertz CT molecular complexity index is 1110. The average Bonchev–Trinajstić information content (AvgIpc) is 2.75. The molecule has 0 fully saturated rings. The van der Waals surface area contributed by atoms with Crippen LogP contribution < -0.4 is 10.1 Å². The number of nitrogens with zero attached hydrogens (tertiary/aromatic N) is 1. The summed E-state index contributed by atoms with van der Waals surface area (Å²) < 4.78 is 5.79. The van der Waals surface area contributed by atoms with E-state index in [-0.39, 0.29) is 5.57 Å². The molecule has 150 valence electrons. The van der Waals surface area contributed by atoms with Gasteiger partial charge in [-0.05, 0) is 60.9 Å². The minimum absolute atomic E-state index is 0.0000196. The van der Waals surface area contributed by atoms with E-state index < -0.39 is 5.91 Å². The smallest absolute Gasteiger partial charge is 0.266 e. The van der Waals surface area contributed by atoms with Crippen molar-refractivity contribution in [1.29, 1.82) is 5.26 Å². The molecule has 0 bridgehead atoms. The average molecular weight is 417 g/mol. The second-order valence-electron chi connectivity index (χ2n) is 6.93. The quantitative estimate of drug-likeness (QED) is 0.391. The van der Waals surface area contributed by atoms with Crippen molar-refractivity contribution in [1.82, 2.24) is 0 Å². The first kappa shape index (κ1) is 21.2. The Morgan fingerprint density at radius 2 is 1.77 bits per heavy atom. The fourth-order valence-electron chi connectivity index (χ4n) is 2.70. The lowest BCUT2D eigenvalue weighted by Gasteiger charge is -2.08. The van der Waals surface area contributed by atoms with E-state index in [9.17, 15) is 10.1 Å². The minimum Gasteiger partial charge on any atom is -0.489 e. The van der Waals surface area contributed by atoms with E-state index in [2.05, 4.69) is 5.32 Å². The summed E-state index contributed by atoms with van der Waals surface area (Å²) in [6.45, 7) is 4.39. The van der Waals surface area contributed by atoms with Crippen molar-refractivity contribution < 1.29 is 9.53 Å². The van der Waals surface area contributed by atoms with Crippen LogP contribution in [0.5, 0.6) is 5.75 Å². The first-order valence-electron chi connectivity index (χ1n) is 9.42. The van der Waals surface area contributed by atoms with Gasteiger partial charge in [0.05, 0.1) is 0 Å². The van der Waals surface area contributed by atoms with Gasteiger partial charge in [-0.3, -0.25) is 4.79 Å². The Morgan fingerprint density at radius 1 is 1.07 bits per heavy atom. The first-order chi connectivity index (χ1) is 14.4. The molecule has 3 aromatic carbocycles. The molecule has 0 aliphatic rings. The van der Waals surface area contributed by atoms with E-state index >= 15 is 0 Å². The van der Waals surface area contributed by atoms with Gasteiger partial charge < -0.3 is 10.1 Å². The monoisotopic (exact) mass is 416 g/mol. The summed E-state index contributed by atoms with van der Waals surface area (Å²) in [6, 6.07) is 22.5. The van der Waals surface area contributed by atoms with Crippen LogP contribution >= 0.6 is 11.6 Å². The van der Waals surface area contributed by atoms with Gasteiger partial charge in [-0.1, -0.05) is 59.6 Å². The Balaban J connectivity index is 1.64. The predicted octanol–water partition coefficient (Wildman–Crippen LogP) is 6.08. The van der Waals surface area contributed by atoms with Crippen LogP contribution in [0.1, 0.15) is 22.3 Å². The van der Waals surface area contributed by atoms with Gasteiger partial charge in [-0.25, -0.2) is 0 Å². The van der Waals surface area contributed by atoms with E-state index in [0.29, 0.717) is 23.1 Å². The van der Waals surface area contributed by atoms with Gasteiger partial charge in [0, 0.05) is 10.7 Å². The molecule has 1 amide bonds. The van der Waals surface area contributed by atoms with E-state index in [1.165, 1.54) is 11.6 Å². The summed E-state index contributed by atoms with van der Waals surface area (Å²) in [4.78, 5) is 12.4. The van der Waals surface area contributed by atoms with Crippen LogP contribution in [0.25, 0.3) is 6.08 Å². The van der Waals surface area contributed by atoms with Crippen LogP contribution in [-0.4, -0.2) is 5.91 Å². The highest BCUT2D eigenvalue weighted by Gasteiger charge is 2.10. The first-order valence-corrected chi connectivity index (χ1v) is 9.80. The number of hydrogen-bond acceptors (Lipinski definition) is 3. The van der Waals surface area contributed by atoms with Crippen molar-refractivity contribution in [2.45, 2.75) is 20.5 Å². The van der Waals surface area contributed by atoms with Crippen molar-refractivity contribution in [3.05, 3.63) is 99.6 Å². The fourth-order valence-corrected chi connectivity index (χ4v) is 2.88. The van der Waals surface area contributed by atoms with Crippen molar-refractivity contribution in [2.24, 2.45) is 0 Å². The summed E-state index contributed by atoms with van der Waals surface area (Å²) in [5.41, 5.74) is 4.47. The van der Waals surface area contributed by atoms with Crippen molar-refractivity contribution in [3.63, 3.8) is 0 Å². The molecule has 30 heavy (non-hydrogen) atoms. The molecule has 0 aliphatic heterocycles. The van der Waals surface area contributed by atoms with Crippen molar-refractivity contribution in [3.8, 4) is 11.8 Å². The molecule has 5 heteroatoms. The van der Waals surface area contributed by atoms with Crippen LogP contribution in [0.3, 0.4) is 0 Å². The molecule has 0 atom stereocenters. The Hall–Kier alpha value is -3.55. The summed E-state index contributed by atoms with van der Waals surface area (Å²) >= 11 is 6.08. The molecule has 0 spiro atoms. The van der Waals surface area contributed by atoms with Crippen LogP contribution in [-0.2, 0) is 11.4 Å². The van der Waals surface area contributed by atoms with E-state index in [1.807, 2.05) is 62.4 Å². The molecule has 0 saturated heterocycles. The molecule has 1 N–H and O–H groups in total. The summed E-state index contributed by atoms with van der Waals surface area (Å²) in [5, 5.41) is 12.6. The van der Waals surface area contributed by atoms with Crippen LogP contribution in [0.15, 0.2) is 72.3 Å². The van der Waals surface area contributed by atoms with E-state index in [4.69, 9.17) is 16.3 Å². The Kier molecular flexibility index (Phi) is 6.90. The SMILES string of the molecule is Cc1ccc(COc2ccc(/C=C(/C#N)C(=O)Nc3ccc(C)c(Cl)c3)cc2)cc1. The number of amides is 1. The summed E-state index contributed by atoms with van der Waals surface area (Å²) in [7, 11) is 0. The zero-order valence-electron chi connectivity index (χ0n) is 16.8. The lowest BCUT2D eigenvalue weighted by atomic mass is 10.1. The fraction of sp³-hybridized carbons (Fsp3) is 0.120. The van der Waals surface area contributed by atoms with Crippen molar-refractivity contribution in [2.75, 3.05) is 5.32 Å². The lowest BCUT2D eigenvalue weighted by Crippen LogP contribution is -2.13. The van der Waals surface area contributed by atoms with Gasteiger partial charge in [0.25, 0.3) is 5.91 Å². The highest BCUT2D eigenvalue weighted by Crippen LogP contribution is 2.21. The molecule has 0 saturated carbocycles. The number of halogens is 1. The van der Waals surface area contributed by atoms with Crippen LogP contribution in [0.2, 0.25) is 5.02 Å². The van der Waals surface area contributed by atoms with Gasteiger partial charge in [-0.15, -0.1) is 0 Å². The van der Waals surface area contributed by atoms with E-state index in [1.54, 1.807) is 24.3 Å². The molecule has 0 radical (unpaired) electrons. The van der Waals surface area contributed by atoms with Gasteiger partial charge in [-0.2, -0.15) is 5.26 Å². The van der Waals surface area contributed by atoms with Crippen molar-refractivity contribution >= 4 is 29.3 Å². The summed E-state index contributed by atoms with van der Waals surface area (Å²) in [6.07, 6.45) is 1.54. The zero-order valence-corrected chi connectivity index (χ0v) is 17.5. The lowest BCUT2D eigenvalue weighted by molar-refractivity contribution is -0.112. The number of benzene rings is 3. The third kappa shape index (κ3) is 5.73. The van der Waals surface area contributed by atoms with Gasteiger partial charge in [0.15, 0.2) is 0 Å². The maximum Gasteiger partial charge on any atom is 0.266 e. The number of nitriles is 1. The number of rotatable bonds is 6. The summed E-state index contributed by atoms with van der Waals surface area (Å²) in [5.74, 6) is 0.224. The number of ether oxygens (including phenoxy) is 1. The number of carbonyl (C=O) groups is 1. The number of nitrogens with one attached hydrogen (secondary N) is 1. The number of carbonyl (C=O) groups excluding carboxylic acids is 1.